The lowest BCUT2D eigenvalue weighted by Crippen LogP contribution is -2.10. The molecule has 19 heavy (non-hydrogen) atoms. The average Bonchev–Trinajstić information content (AvgIpc) is 2.41. The third kappa shape index (κ3) is 3.07. The van der Waals surface area contributed by atoms with Gasteiger partial charge in [-0.3, -0.25) is 4.79 Å². The zero-order valence-corrected chi connectivity index (χ0v) is 9.90. The molecule has 0 saturated carbocycles. The van der Waals surface area contributed by atoms with Gasteiger partial charge in [-0.15, -0.1) is 0 Å². The van der Waals surface area contributed by atoms with E-state index < -0.39 is 17.5 Å². The van der Waals surface area contributed by atoms with Crippen LogP contribution in [0.5, 0.6) is 5.75 Å². The number of carbonyl (C=O) groups is 1. The van der Waals surface area contributed by atoms with Gasteiger partial charge in [-0.05, 0) is 24.3 Å². The quantitative estimate of drug-likeness (QED) is 0.921. The highest BCUT2D eigenvalue weighted by atomic mass is 19.2. The summed E-state index contributed by atoms with van der Waals surface area (Å²) in [5, 5.41) is 0. The first-order valence-electron chi connectivity index (χ1n) is 5.53. The van der Waals surface area contributed by atoms with Crippen molar-refractivity contribution < 1.29 is 18.3 Å². The molecule has 2 aromatic carbocycles. The summed E-state index contributed by atoms with van der Waals surface area (Å²) in [6.07, 6.45) is 0. The Morgan fingerprint density at radius 1 is 1.16 bits per heavy atom. The molecule has 0 heterocycles. The maximum atomic E-state index is 13.4. The minimum atomic E-state index is -0.937. The molecule has 3 nitrogen and oxygen atoms in total. The van der Waals surface area contributed by atoms with Crippen LogP contribution in [0, 0.1) is 11.6 Å². The molecule has 0 unspecified atom stereocenters. The number of carbonyl (C=O) groups excluding carboxylic acids is 1. The minimum absolute atomic E-state index is 0.101. The Morgan fingerprint density at radius 2 is 1.89 bits per heavy atom. The number of rotatable bonds is 4. The molecule has 5 heteroatoms. The normalized spacial score (nSPS) is 10.2. The van der Waals surface area contributed by atoms with E-state index in [0.29, 0.717) is 5.75 Å². The van der Waals surface area contributed by atoms with Crippen LogP contribution in [0.15, 0.2) is 42.5 Å². The molecule has 0 saturated heterocycles. The molecule has 0 aliphatic carbocycles. The second kappa shape index (κ2) is 5.48. The molecular weight excluding hydrogens is 252 g/mol. The number of amides is 1. The first kappa shape index (κ1) is 13.0. The van der Waals surface area contributed by atoms with Crippen molar-refractivity contribution in [3.63, 3.8) is 0 Å². The van der Waals surface area contributed by atoms with Gasteiger partial charge in [0.25, 0.3) is 0 Å². The highest BCUT2D eigenvalue weighted by Crippen LogP contribution is 2.17. The molecule has 0 aliphatic heterocycles. The summed E-state index contributed by atoms with van der Waals surface area (Å²) in [5.74, 6) is -2.08. The van der Waals surface area contributed by atoms with E-state index in [1.54, 1.807) is 12.1 Å². The SMILES string of the molecule is NC(=O)c1cccc(OCc2cccc(F)c2F)c1. The molecule has 0 aromatic heterocycles. The van der Waals surface area contributed by atoms with Crippen LogP contribution in [0.3, 0.4) is 0 Å². The lowest BCUT2D eigenvalue weighted by Gasteiger charge is -2.08. The van der Waals surface area contributed by atoms with Crippen molar-refractivity contribution in [1.82, 2.24) is 0 Å². The highest BCUT2D eigenvalue weighted by Gasteiger charge is 2.08. The van der Waals surface area contributed by atoms with Gasteiger partial charge in [0.2, 0.25) is 5.91 Å². The fourth-order valence-electron chi connectivity index (χ4n) is 1.56. The molecule has 0 fully saturated rings. The smallest absolute Gasteiger partial charge is 0.248 e. The van der Waals surface area contributed by atoms with Crippen LogP contribution in [0.2, 0.25) is 0 Å². The van der Waals surface area contributed by atoms with E-state index in [2.05, 4.69) is 0 Å². The van der Waals surface area contributed by atoms with Crippen LogP contribution in [0.1, 0.15) is 15.9 Å². The van der Waals surface area contributed by atoms with Crippen molar-refractivity contribution in [2.75, 3.05) is 0 Å². The van der Waals surface area contributed by atoms with E-state index in [1.807, 2.05) is 0 Å². The molecule has 1 amide bonds. The summed E-state index contributed by atoms with van der Waals surface area (Å²) in [4.78, 5) is 11.0. The van der Waals surface area contributed by atoms with Gasteiger partial charge in [0.1, 0.15) is 12.4 Å². The number of benzene rings is 2. The summed E-state index contributed by atoms with van der Waals surface area (Å²) < 4.78 is 31.7. The van der Waals surface area contributed by atoms with E-state index >= 15 is 0 Å². The second-order valence-electron chi connectivity index (χ2n) is 3.89. The Hall–Kier alpha value is -2.43. The summed E-state index contributed by atoms with van der Waals surface area (Å²) in [7, 11) is 0. The van der Waals surface area contributed by atoms with Crippen LogP contribution in [-0.2, 0) is 6.61 Å². The van der Waals surface area contributed by atoms with Crippen LogP contribution < -0.4 is 10.5 Å². The van der Waals surface area contributed by atoms with Crippen LogP contribution in [0.4, 0.5) is 8.78 Å². The summed E-state index contributed by atoms with van der Waals surface area (Å²) in [6, 6.07) is 10.0. The van der Waals surface area contributed by atoms with E-state index in [4.69, 9.17) is 10.5 Å². The van der Waals surface area contributed by atoms with Gasteiger partial charge in [-0.2, -0.15) is 0 Å². The average molecular weight is 263 g/mol. The standard InChI is InChI=1S/C14H11F2NO2/c15-12-6-2-4-10(13(12)16)8-19-11-5-1-3-9(7-11)14(17)18/h1-7H,8H2,(H2,17,18). The number of primary amides is 1. The van der Waals surface area contributed by atoms with Gasteiger partial charge in [-0.1, -0.05) is 18.2 Å². The fourth-order valence-corrected chi connectivity index (χ4v) is 1.56. The zero-order chi connectivity index (χ0) is 13.8. The van der Waals surface area contributed by atoms with Gasteiger partial charge >= 0.3 is 0 Å². The Balaban J connectivity index is 2.12. The van der Waals surface area contributed by atoms with Gasteiger partial charge in [-0.25, -0.2) is 8.78 Å². The molecule has 2 aromatic rings. The van der Waals surface area contributed by atoms with E-state index in [-0.39, 0.29) is 17.7 Å². The lowest BCUT2D eigenvalue weighted by molar-refractivity contribution is 0.1000. The topological polar surface area (TPSA) is 52.3 Å². The van der Waals surface area contributed by atoms with Crippen LogP contribution in [0.25, 0.3) is 0 Å². The van der Waals surface area contributed by atoms with E-state index in [9.17, 15) is 13.6 Å². The molecule has 0 atom stereocenters. The van der Waals surface area contributed by atoms with Crippen molar-refractivity contribution in [2.24, 2.45) is 5.73 Å². The molecule has 0 aliphatic rings. The minimum Gasteiger partial charge on any atom is -0.489 e. The molecule has 2 N–H and O–H groups in total. The molecule has 2 rings (SSSR count). The van der Waals surface area contributed by atoms with Gasteiger partial charge in [0.15, 0.2) is 11.6 Å². The largest absolute Gasteiger partial charge is 0.489 e. The van der Waals surface area contributed by atoms with Gasteiger partial charge in [0, 0.05) is 11.1 Å². The Bertz CT molecular complexity index is 614. The van der Waals surface area contributed by atoms with E-state index in [1.165, 1.54) is 24.3 Å². The first-order chi connectivity index (χ1) is 9.08. The monoisotopic (exact) mass is 263 g/mol. The third-order valence-corrected chi connectivity index (χ3v) is 2.54. The molecule has 0 radical (unpaired) electrons. The second-order valence-corrected chi connectivity index (χ2v) is 3.89. The van der Waals surface area contributed by atoms with Gasteiger partial charge in [0.05, 0.1) is 0 Å². The Labute approximate surface area is 108 Å². The Kier molecular flexibility index (Phi) is 3.75. The van der Waals surface area contributed by atoms with Crippen molar-refractivity contribution in [2.45, 2.75) is 6.61 Å². The van der Waals surface area contributed by atoms with Crippen molar-refractivity contribution in [3.05, 3.63) is 65.2 Å². The number of hydrogen-bond acceptors (Lipinski definition) is 2. The number of halogens is 2. The molecular formula is C14H11F2NO2. The maximum Gasteiger partial charge on any atom is 0.248 e. The number of ether oxygens (including phenoxy) is 1. The first-order valence-corrected chi connectivity index (χ1v) is 5.53. The highest BCUT2D eigenvalue weighted by molar-refractivity contribution is 5.93. The third-order valence-electron chi connectivity index (χ3n) is 2.54. The molecule has 0 spiro atoms. The van der Waals surface area contributed by atoms with Crippen LogP contribution >= 0.6 is 0 Å². The summed E-state index contributed by atoms with van der Waals surface area (Å²) in [5.41, 5.74) is 5.52. The van der Waals surface area contributed by atoms with Crippen molar-refractivity contribution in [1.29, 1.82) is 0 Å². The lowest BCUT2D eigenvalue weighted by atomic mass is 10.2. The molecule has 98 valence electrons. The Morgan fingerprint density at radius 3 is 2.63 bits per heavy atom. The predicted octanol–water partition coefficient (Wildman–Crippen LogP) is 2.64. The zero-order valence-electron chi connectivity index (χ0n) is 9.90. The fraction of sp³-hybridized carbons (Fsp3) is 0.0714. The number of hydrogen-bond donors (Lipinski definition) is 1. The predicted molar refractivity (Wildman–Crippen MR) is 65.6 cm³/mol. The van der Waals surface area contributed by atoms with E-state index in [0.717, 1.165) is 6.07 Å². The maximum absolute atomic E-state index is 13.4. The summed E-state index contributed by atoms with van der Waals surface area (Å²) in [6.45, 7) is -0.133. The van der Waals surface area contributed by atoms with Crippen molar-refractivity contribution >= 4 is 5.91 Å². The van der Waals surface area contributed by atoms with Crippen molar-refractivity contribution in [3.8, 4) is 5.75 Å². The number of nitrogens with two attached hydrogens (primary N) is 1. The summed E-state index contributed by atoms with van der Waals surface area (Å²) >= 11 is 0. The molecule has 0 bridgehead atoms. The van der Waals surface area contributed by atoms with Gasteiger partial charge < -0.3 is 10.5 Å². The van der Waals surface area contributed by atoms with Crippen LogP contribution in [-0.4, -0.2) is 5.91 Å².